The van der Waals surface area contributed by atoms with Crippen LogP contribution in [0.15, 0.2) is 12.1 Å². The van der Waals surface area contributed by atoms with Crippen LogP contribution in [0.4, 0.5) is 10.1 Å². The zero-order valence-corrected chi connectivity index (χ0v) is 18.1. The molecule has 0 radical (unpaired) electrons. The second-order valence-electron chi connectivity index (χ2n) is 9.20. The van der Waals surface area contributed by atoms with E-state index >= 15 is 4.39 Å². The Labute approximate surface area is 186 Å². The number of amides is 3. The number of carbonyl (C=O) groups excluding carboxylic acids is 3. The van der Waals surface area contributed by atoms with Gasteiger partial charge in [0.2, 0.25) is 11.8 Å². The topological polar surface area (TPSA) is 82.2 Å². The molecule has 5 rings (SSSR count). The zero-order valence-electron chi connectivity index (χ0n) is 18.1. The van der Waals surface area contributed by atoms with E-state index in [-0.39, 0.29) is 24.8 Å². The lowest BCUT2D eigenvalue weighted by atomic mass is 9.99. The molecule has 32 heavy (non-hydrogen) atoms. The summed E-state index contributed by atoms with van der Waals surface area (Å²) < 4.78 is 20.5. The fourth-order valence-corrected chi connectivity index (χ4v) is 5.28. The van der Waals surface area contributed by atoms with Crippen molar-refractivity contribution in [3.05, 3.63) is 29.1 Å². The van der Waals surface area contributed by atoms with Crippen molar-refractivity contribution in [1.29, 1.82) is 0 Å². The minimum Gasteiger partial charge on any atom is -0.381 e. The molecule has 4 aliphatic rings. The molecule has 0 saturated carbocycles. The molecule has 0 spiro atoms. The first-order chi connectivity index (χ1) is 15.5. The van der Waals surface area contributed by atoms with Gasteiger partial charge in [-0.3, -0.25) is 24.6 Å². The summed E-state index contributed by atoms with van der Waals surface area (Å²) in [6.45, 7) is 6.27. The predicted molar refractivity (Wildman–Crippen MR) is 115 cm³/mol. The van der Waals surface area contributed by atoms with Crippen LogP contribution in [-0.4, -0.2) is 79.5 Å². The molecular weight excluding hydrogens is 415 g/mol. The van der Waals surface area contributed by atoms with Crippen LogP contribution >= 0.6 is 0 Å². The van der Waals surface area contributed by atoms with Gasteiger partial charge in [-0.1, -0.05) is 0 Å². The van der Waals surface area contributed by atoms with Gasteiger partial charge in [0.05, 0.1) is 5.69 Å². The van der Waals surface area contributed by atoms with E-state index < -0.39 is 17.8 Å². The van der Waals surface area contributed by atoms with E-state index in [4.69, 9.17) is 4.74 Å². The molecule has 1 unspecified atom stereocenters. The lowest BCUT2D eigenvalue weighted by molar-refractivity contribution is -0.136. The smallest absolute Gasteiger partial charge is 0.255 e. The number of imide groups is 1. The largest absolute Gasteiger partial charge is 0.381 e. The molecule has 0 aromatic heterocycles. The average molecular weight is 445 g/mol. The average Bonchev–Trinajstić information content (AvgIpc) is 3.10. The van der Waals surface area contributed by atoms with Gasteiger partial charge in [-0.05, 0) is 42.9 Å². The van der Waals surface area contributed by atoms with E-state index in [0.717, 1.165) is 64.3 Å². The van der Waals surface area contributed by atoms with E-state index in [9.17, 15) is 14.4 Å². The first-order valence-electron chi connectivity index (χ1n) is 11.5. The second kappa shape index (κ2) is 8.78. The number of benzene rings is 1. The fourth-order valence-electron chi connectivity index (χ4n) is 5.28. The third kappa shape index (κ3) is 4.11. The van der Waals surface area contributed by atoms with Crippen LogP contribution in [0.2, 0.25) is 0 Å². The number of carbonyl (C=O) groups is 3. The Bertz CT molecular complexity index is 925. The normalized spacial score (nSPS) is 25.3. The molecule has 172 valence electrons. The van der Waals surface area contributed by atoms with Gasteiger partial charge in [-0.2, -0.15) is 0 Å². The quantitative estimate of drug-likeness (QED) is 0.702. The molecule has 1 atom stereocenters. The summed E-state index contributed by atoms with van der Waals surface area (Å²) in [4.78, 5) is 42.5. The van der Waals surface area contributed by atoms with E-state index in [2.05, 4.69) is 15.1 Å². The molecule has 3 fully saturated rings. The van der Waals surface area contributed by atoms with Crippen LogP contribution in [-0.2, 0) is 20.9 Å². The SMILES string of the molecule is O=C1CCC(N2Cc3cc(N4CCN(CC5CCOCC5)CC4)c(F)cc3C2=O)C(=O)N1. The molecule has 8 nitrogen and oxygen atoms in total. The lowest BCUT2D eigenvalue weighted by Crippen LogP contribution is -2.52. The number of hydrogen-bond acceptors (Lipinski definition) is 6. The van der Waals surface area contributed by atoms with Crippen LogP contribution in [0, 0.1) is 11.7 Å². The first kappa shape index (κ1) is 21.3. The molecule has 0 bridgehead atoms. The van der Waals surface area contributed by atoms with Crippen molar-refractivity contribution in [2.75, 3.05) is 50.8 Å². The number of rotatable bonds is 4. The number of ether oxygens (including phenoxy) is 1. The number of anilines is 1. The molecule has 4 heterocycles. The summed E-state index contributed by atoms with van der Waals surface area (Å²) >= 11 is 0. The van der Waals surface area contributed by atoms with Gasteiger partial charge < -0.3 is 14.5 Å². The van der Waals surface area contributed by atoms with Gasteiger partial charge in [0, 0.05) is 64.5 Å². The van der Waals surface area contributed by atoms with Crippen molar-refractivity contribution in [3.63, 3.8) is 0 Å². The zero-order chi connectivity index (χ0) is 22.2. The minimum atomic E-state index is -0.687. The molecule has 1 aromatic rings. The fraction of sp³-hybridized carbons (Fsp3) is 0.609. The molecule has 1 N–H and O–H groups in total. The number of nitrogens with one attached hydrogen (secondary N) is 1. The molecule has 0 aliphatic carbocycles. The van der Waals surface area contributed by atoms with Gasteiger partial charge in [0.1, 0.15) is 11.9 Å². The monoisotopic (exact) mass is 444 g/mol. The highest BCUT2D eigenvalue weighted by atomic mass is 19.1. The van der Waals surface area contributed by atoms with Crippen molar-refractivity contribution in [2.45, 2.75) is 38.3 Å². The van der Waals surface area contributed by atoms with E-state index in [1.807, 2.05) is 0 Å². The van der Waals surface area contributed by atoms with Crippen molar-refractivity contribution in [2.24, 2.45) is 5.92 Å². The number of fused-ring (bicyclic) bond motifs is 1. The minimum absolute atomic E-state index is 0.203. The molecule has 3 amide bonds. The summed E-state index contributed by atoms with van der Waals surface area (Å²) in [5, 5.41) is 2.30. The highest BCUT2D eigenvalue weighted by Crippen LogP contribution is 2.33. The third-order valence-electron chi connectivity index (χ3n) is 7.16. The van der Waals surface area contributed by atoms with Crippen LogP contribution < -0.4 is 10.2 Å². The van der Waals surface area contributed by atoms with Gasteiger partial charge in [0.15, 0.2) is 0 Å². The highest BCUT2D eigenvalue weighted by Gasteiger charge is 2.40. The molecule has 3 saturated heterocycles. The number of nitrogens with zero attached hydrogens (tertiary/aromatic N) is 3. The summed E-state index contributed by atoms with van der Waals surface area (Å²) in [7, 11) is 0. The van der Waals surface area contributed by atoms with E-state index in [0.29, 0.717) is 23.6 Å². The van der Waals surface area contributed by atoms with Gasteiger partial charge in [0.25, 0.3) is 5.91 Å². The maximum atomic E-state index is 15.0. The van der Waals surface area contributed by atoms with E-state index in [1.54, 1.807) is 6.07 Å². The molecular formula is C23H29FN4O4. The molecule has 9 heteroatoms. The van der Waals surface area contributed by atoms with Gasteiger partial charge >= 0.3 is 0 Å². The van der Waals surface area contributed by atoms with Gasteiger partial charge in [-0.25, -0.2) is 4.39 Å². The van der Waals surface area contributed by atoms with Crippen LogP contribution in [0.1, 0.15) is 41.6 Å². The van der Waals surface area contributed by atoms with Crippen molar-refractivity contribution < 1.29 is 23.5 Å². The van der Waals surface area contributed by atoms with Crippen molar-refractivity contribution in [3.8, 4) is 0 Å². The second-order valence-corrected chi connectivity index (χ2v) is 9.20. The molecule has 4 aliphatic heterocycles. The predicted octanol–water partition coefficient (Wildman–Crippen LogP) is 1.14. The number of piperazine rings is 1. The Morgan fingerprint density at radius 1 is 1.03 bits per heavy atom. The Balaban J connectivity index is 1.25. The summed E-state index contributed by atoms with van der Waals surface area (Å²) in [6, 6.07) is 2.39. The maximum Gasteiger partial charge on any atom is 0.255 e. The van der Waals surface area contributed by atoms with Crippen molar-refractivity contribution in [1.82, 2.24) is 15.1 Å². The Kier molecular flexibility index (Phi) is 5.86. The van der Waals surface area contributed by atoms with Crippen molar-refractivity contribution >= 4 is 23.4 Å². The highest BCUT2D eigenvalue weighted by molar-refractivity contribution is 6.05. The standard InChI is InChI=1S/C23H29FN4O4/c24-18-12-17-16(14-28(23(17)31)19-1-2-21(29)25-22(19)30)11-20(18)27-7-5-26(6-8-27)13-15-3-9-32-10-4-15/h11-12,15,19H,1-10,13-14H2,(H,25,29,30). The number of halogens is 1. The van der Waals surface area contributed by atoms with Crippen LogP contribution in [0.5, 0.6) is 0 Å². The maximum absolute atomic E-state index is 15.0. The Morgan fingerprint density at radius 3 is 2.50 bits per heavy atom. The Hall–Kier alpha value is -2.52. The van der Waals surface area contributed by atoms with E-state index in [1.165, 1.54) is 11.0 Å². The van der Waals surface area contributed by atoms with Crippen LogP contribution in [0.25, 0.3) is 0 Å². The summed E-state index contributed by atoms with van der Waals surface area (Å²) in [5.41, 5.74) is 1.57. The number of piperidine rings is 1. The van der Waals surface area contributed by atoms with Crippen LogP contribution in [0.3, 0.4) is 0 Å². The Morgan fingerprint density at radius 2 is 1.78 bits per heavy atom. The van der Waals surface area contributed by atoms with Gasteiger partial charge in [-0.15, -0.1) is 0 Å². The molecule has 1 aromatic carbocycles. The first-order valence-corrected chi connectivity index (χ1v) is 11.5. The summed E-state index contributed by atoms with van der Waals surface area (Å²) in [5.74, 6) is -0.846. The number of hydrogen-bond donors (Lipinski definition) is 1. The lowest BCUT2D eigenvalue weighted by Gasteiger charge is -2.38. The summed E-state index contributed by atoms with van der Waals surface area (Å²) in [6.07, 6.45) is 2.72. The third-order valence-corrected chi connectivity index (χ3v) is 7.16.